The third-order valence-electron chi connectivity index (χ3n) is 5.83. The van der Waals surface area contributed by atoms with Crippen molar-refractivity contribution in [2.75, 3.05) is 13.1 Å². The highest BCUT2D eigenvalue weighted by Gasteiger charge is 2.47. The first-order chi connectivity index (χ1) is 13.1. The van der Waals surface area contributed by atoms with Crippen LogP contribution < -0.4 is 5.32 Å². The molecule has 0 aliphatic carbocycles. The van der Waals surface area contributed by atoms with Crippen LogP contribution in [0.4, 0.5) is 0 Å². The van der Waals surface area contributed by atoms with E-state index in [1.807, 2.05) is 30.3 Å². The Kier molecular flexibility index (Phi) is 7.44. The van der Waals surface area contributed by atoms with Crippen molar-refractivity contribution in [3.05, 3.63) is 48.0 Å². The number of ether oxygens (including phenoxy) is 1. The molecule has 2 fully saturated rings. The smallest absolute Gasteiger partial charge is 0.303 e. The molecule has 0 amide bonds. The quantitative estimate of drug-likeness (QED) is 0.410. The minimum absolute atomic E-state index is 0.234. The van der Waals surface area contributed by atoms with Crippen LogP contribution in [0.25, 0.3) is 0 Å². The number of fused-ring (bicyclic) bond motifs is 2. The number of unbranched alkanes of at least 4 members (excludes halogenated alkanes) is 1. The van der Waals surface area contributed by atoms with Crippen LogP contribution in [0.3, 0.4) is 0 Å². The zero-order valence-electron chi connectivity index (χ0n) is 15.8. The molecule has 2 heterocycles. The van der Waals surface area contributed by atoms with E-state index < -0.39 is 12.1 Å². The summed E-state index contributed by atoms with van der Waals surface area (Å²) in [6.07, 6.45) is 9.52. The largest absolute Gasteiger partial charge is 0.481 e. The van der Waals surface area contributed by atoms with Crippen LogP contribution in [0.5, 0.6) is 0 Å². The summed E-state index contributed by atoms with van der Waals surface area (Å²) >= 11 is 0. The molecule has 1 aromatic carbocycles. The lowest BCUT2D eigenvalue weighted by Gasteiger charge is -2.28. The van der Waals surface area contributed by atoms with Crippen LogP contribution in [-0.2, 0) is 9.53 Å². The highest BCUT2D eigenvalue weighted by atomic mass is 16.5. The standard InChI is InChI=1S/C22H31NO4/c24-19(16-8-4-3-5-9-16)15-23-14-18-17(20-12-13-21(18)27-20)10-6-1-2-7-11-22(25)26/h1,3-6,8-9,17-21,23-24H,2,7,10-15H2,(H,25,26)/b6-1-/t17-,18+,19?,20-,21+/m1/s1. The Hall–Kier alpha value is -1.69. The molecular weight excluding hydrogens is 342 g/mol. The van der Waals surface area contributed by atoms with Crippen molar-refractivity contribution in [1.29, 1.82) is 0 Å². The van der Waals surface area contributed by atoms with Crippen molar-refractivity contribution < 1.29 is 19.7 Å². The lowest BCUT2D eigenvalue weighted by atomic mass is 9.77. The number of hydrogen-bond donors (Lipinski definition) is 3. The molecule has 0 spiro atoms. The molecule has 2 aliphatic rings. The number of aliphatic hydroxyl groups excluding tert-OH is 1. The topological polar surface area (TPSA) is 78.8 Å². The zero-order chi connectivity index (χ0) is 19.1. The van der Waals surface area contributed by atoms with E-state index >= 15 is 0 Å². The number of benzene rings is 1. The van der Waals surface area contributed by atoms with Crippen molar-refractivity contribution in [1.82, 2.24) is 5.32 Å². The third kappa shape index (κ3) is 5.64. The molecule has 3 rings (SSSR count). The number of carboxylic acids is 1. The molecule has 5 nitrogen and oxygen atoms in total. The van der Waals surface area contributed by atoms with E-state index in [0.29, 0.717) is 37.0 Å². The summed E-state index contributed by atoms with van der Waals surface area (Å²) in [5.74, 6) is 0.268. The van der Waals surface area contributed by atoms with E-state index in [4.69, 9.17) is 9.84 Å². The van der Waals surface area contributed by atoms with Gasteiger partial charge in [-0.25, -0.2) is 0 Å². The summed E-state index contributed by atoms with van der Waals surface area (Å²) < 4.78 is 6.14. The van der Waals surface area contributed by atoms with Crippen molar-refractivity contribution in [3.8, 4) is 0 Å². The maximum atomic E-state index is 10.5. The van der Waals surface area contributed by atoms with Crippen molar-refractivity contribution in [2.24, 2.45) is 11.8 Å². The summed E-state index contributed by atoms with van der Waals surface area (Å²) in [7, 11) is 0. The minimum atomic E-state index is -0.728. The lowest BCUT2D eigenvalue weighted by Crippen LogP contribution is -2.37. The lowest BCUT2D eigenvalue weighted by molar-refractivity contribution is -0.137. The van der Waals surface area contributed by atoms with Crippen LogP contribution in [0.1, 0.15) is 50.2 Å². The van der Waals surface area contributed by atoms with Gasteiger partial charge in [0.25, 0.3) is 0 Å². The zero-order valence-corrected chi connectivity index (χ0v) is 15.8. The molecule has 148 valence electrons. The molecule has 0 radical (unpaired) electrons. The molecule has 0 saturated carbocycles. The van der Waals surface area contributed by atoms with Gasteiger partial charge in [0.1, 0.15) is 0 Å². The van der Waals surface area contributed by atoms with Gasteiger partial charge in [0.05, 0.1) is 18.3 Å². The molecule has 1 unspecified atom stereocenters. The first-order valence-corrected chi connectivity index (χ1v) is 10.1. The van der Waals surface area contributed by atoms with E-state index in [1.54, 1.807) is 0 Å². The average molecular weight is 373 g/mol. The molecule has 5 heteroatoms. The van der Waals surface area contributed by atoms with Crippen molar-refractivity contribution in [2.45, 2.75) is 56.8 Å². The van der Waals surface area contributed by atoms with Gasteiger partial charge in [-0.05, 0) is 43.6 Å². The van der Waals surface area contributed by atoms with Crippen LogP contribution in [0.2, 0.25) is 0 Å². The number of aliphatic hydroxyl groups is 1. The predicted molar refractivity (Wildman–Crippen MR) is 104 cm³/mol. The van der Waals surface area contributed by atoms with Gasteiger partial charge in [-0.15, -0.1) is 0 Å². The molecule has 27 heavy (non-hydrogen) atoms. The van der Waals surface area contributed by atoms with Crippen LogP contribution in [-0.4, -0.2) is 41.5 Å². The van der Waals surface area contributed by atoms with Gasteiger partial charge < -0.3 is 20.3 Å². The number of carboxylic acid groups (broad SMARTS) is 1. The van der Waals surface area contributed by atoms with Gasteiger partial charge in [-0.3, -0.25) is 4.79 Å². The maximum Gasteiger partial charge on any atom is 0.303 e. The minimum Gasteiger partial charge on any atom is -0.481 e. The number of hydrogen-bond acceptors (Lipinski definition) is 4. The van der Waals surface area contributed by atoms with Gasteiger partial charge in [-0.1, -0.05) is 42.5 Å². The number of carbonyl (C=O) groups is 1. The Balaban J connectivity index is 1.42. The van der Waals surface area contributed by atoms with Crippen molar-refractivity contribution in [3.63, 3.8) is 0 Å². The predicted octanol–water partition coefficient (Wildman–Crippen LogP) is 3.30. The van der Waals surface area contributed by atoms with Gasteiger partial charge in [0, 0.05) is 25.4 Å². The fourth-order valence-electron chi connectivity index (χ4n) is 4.40. The van der Waals surface area contributed by atoms with E-state index in [2.05, 4.69) is 17.5 Å². The van der Waals surface area contributed by atoms with Crippen LogP contribution in [0, 0.1) is 11.8 Å². The SMILES string of the molecule is O=C(O)CCC/C=C\C[C@@H]1[C@H](CNCC(O)c2ccccc2)[C@@H]2CC[C@H]1O2. The molecule has 2 aliphatic heterocycles. The second-order valence-electron chi connectivity index (χ2n) is 7.70. The fraction of sp³-hybridized carbons (Fsp3) is 0.591. The van der Waals surface area contributed by atoms with E-state index in [1.165, 1.54) is 0 Å². The second kappa shape index (κ2) is 10.0. The monoisotopic (exact) mass is 373 g/mol. The average Bonchev–Trinajstić information content (AvgIpc) is 3.27. The van der Waals surface area contributed by atoms with Gasteiger partial charge in [0.2, 0.25) is 0 Å². The molecule has 3 N–H and O–H groups in total. The van der Waals surface area contributed by atoms with Crippen LogP contribution >= 0.6 is 0 Å². The fourth-order valence-corrected chi connectivity index (χ4v) is 4.40. The van der Waals surface area contributed by atoms with E-state index in [9.17, 15) is 9.90 Å². The first-order valence-electron chi connectivity index (χ1n) is 10.1. The highest BCUT2D eigenvalue weighted by molar-refractivity contribution is 5.66. The molecule has 0 aromatic heterocycles. The normalized spacial score (nSPS) is 28.0. The molecule has 1 aromatic rings. The Morgan fingerprint density at radius 1 is 1.19 bits per heavy atom. The maximum absolute atomic E-state index is 10.5. The number of rotatable bonds is 11. The summed E-state index contributed by atoms with van der Waals surface area (Å²) in [4.78, 5) is 10.5. The summed E-state index contributed by atoms with van der Waals surface area (Å²) in [5, 5.41) is 22.4. The van der Waals surface area contributed by atoms with Gasteiger partial charge in [-0.2, -0.15) is 0 Å². The van der Waals surface area contributed by atoms with Crippen molar-refractivity contribution >= 4 is 5.97 Å². The highest BCUT2D eigenvalue weighted by Crippen LogP contribution is 2.44. The van der Waals surface area contributed by atoms with E-state index in [0.717, 1.165) is 37.8 Å². The summed E-state index contributed by atoms with van der Waals surface area (Å²) in [6, 6.07) is 9.74. The van der Waals surface area contributed by atoms with E-state index in [-0.39, 0.29) is 6.42 Å². The Morgan fingerprint density at radius 3 is 2.67 bits per heavy atom. The Labute approximate surface area is 161 Å². The van der Waals surface area contributed by atoms with Gasteiger partial charge >= 0.3 is 5.97 Å². The molecule has 5 atom stereocenters. The molecule has 2 bridgehead atoms. The molecule has 2 saturated heterocycles. The van der Waals surface area contributed by atoms with Crippen LogP contribution in [0.15, 0.2) is 42.5 Å². The Bertz CT molecular complexity index is 618. The Morgan fingerprint density at radius 2 is 1.93 bits per heavy atom. The summed E-state index contributed by atoms with van der Waals surface area (Å²) in [5.41, 5.74) is 0.940. The molecular formula is C22H31NO4. The number of aliphatic carboxylic acids is 1. The number of allylic oxidation sites excluding steroid dienone is 2. The first kappa shape index (κ1) is 20.1. The number of nitrogens with one attached hydrogen (secondary N) is 1. The summed E-state index contributed by atoms with van der Waals surface area (Å²) in [6.45, 7) is 1.41. The van der Waals surface area contributed by atoms with Gasteiger partial charge in [0.15, 0.2) is 0 Å². The third-order valence-corrected chi connectivity index (χ3v) is 5.83. The second-order valence-corrected chi connectivity index (χ2v) is 7.70.